The Kier molecular flexibility index (Phi) is 5.99. The van der Waals surface area contributed by atoms with Crippen molar-refractivity contribution in [2.75, 3.05) is 20.1 Å². The summed E-state index contributed by atoms with van der Waals surface area (Å²) in [4.78, 5) is 28.3. The van der Waals surface area contributed by atoms with Crippen molar-refractivity contribution in [2.45, 2.75) is 39.8 Å². The third-order valence-corrected chi connectivity index (χ3v) is 4.75. The SMILES string of the molecule is CC(C)C(=O)N(C)Cc1ccc(C(=O)N2CC(CN)CC2C)cc1. The van der Waals surface area contributed by atoms with Crippen molar-refractivity contribution < 1.29 is 9.59 Å². The summed E-state index contributed by atoms with van der Waals surface area (Å²) in [5, 5.41) is 0. The van der Waals surface area contributed by atoms with Gasteiger partial charge in [-0.1, -0.05) is 26.0 Å². The minimum Gasteiger partial charge on any atom is -0.341 e. The Balaban J connectivity index is 2.01. The molecule has 2 rings (SSSR count). The number of carbonyl (C=O) groups is 2. The fourth-order valence-corrected chi connectivity index (χ4v) is 3.31. The number of hydrogen-bond donors (Lipinski definition) is 1. The van der Waals surface area contributed by atoms with Crippen molar-refractivity contribution in [3.05, 3.63) is 35.4 Å². The van der Waals surface area contributed by atoms with Crippen LogP contribution in [0.3, 0.4) is 0 Å². The van der Waals surface area contributed by atoms with Crippen LogP contribution in [-0.4, -0.2) is 47.8 Å². The molecule has 1 aromatic carbocycles. The van der Waals surface area contributed by atoms with Crippen LogP contribution in [0.5, 0.6) is 0 Å². The van der Waals surface area contributed by atoms with Crippen molar-refractivity contribution in [3.63, 3.8) is 0 Å². The highest BCUT2D eigenvalue weighted by molar-refractivity contribution is 5.94. The lowest BCUT2D eigenvalue weighted by atomic mass is 10.1. The second kappa shape index (κ2) is 7.79. The summed E-state index contributed by atoms with van der Waals surface area (Å²) < 4.78 is 0. The molecule has 0 aliphatic carbocycles. The Morgan fingerprint density at radius 1 is 1.29 bits per heavy atom. The second-order valence-corrected chi connectivity index (χ2v) is 7.19. The Labute approximate surface area is 144 Å². The molecule has 2 N–H and O–H groups in total. The predicted molar refractivity (Wildman–Crippen MR) is 95.4 cm³/mol. The first-order chi connectivity index (χ1) is 11.3. The van der Waals surface area contributed by atoms with Crippen molar-refractivity contribution in [3.8, 4) is 0 Å². The van der Waals surface area contributed by atoms with Gasteiger partial charge < -0.3 is 15.5 Å². The Hall–Kier alpha value is -1.88. The van der Waals surface area contributed by atoms with Crippen molar-refractivity contribution in [1.29, 1.82) is 0 Å². The average Bonchev–Trinajstić information content (AvgIpc) is 2.95. The lowest BCUT2D eigenvalue weighted by Gasteiger charge is -2.22. The molecule has 0 spiro atoms. The van der Waals surface area contributed by atoms with Gasteiger partial charge in [0.15, 0.2) is 0 Å². The molecule has 1 aromatic rings. The molecule has 0 aromatic heterocycles. The van der Waals surface area contributed by atoms with Crippen LogP contribution in [0.15, 0.2) is 24.3 Å². The molecule has 1 aliphatic rings. The van der Waals surface area contributed by atoms with E-state index in [2.05, 4.69) is 6.92 Å². The standard InChI is InChI=1S/C19H29N3O2/c1-13(2)18(23)21(4)11-15-5-7-17(8-6-15)19(24)22-12-16(10-20)9-14(22)3/h5-8,13-14,16H,9-12,20H2,1-4H3. The summed E-state index contributed by atoms with van der Waals surface area (Å²) in [6, 6.07) is 7.80. The molecule has 0 bridgehead atoms. The molecule has 1 saturated heterocycles. The van der Waals surface area contributed by atoms with Gasteiger partial charge in [-0.25, -0.2) is 0 Å². The number of carbonyl (C=O) groups excluding carboxylic acids is 2. The van der Waals surface area contributed by atoms with E-state index in [0.717, 1.165) is 18.5 Å². The molecule has 1 heterocycles. The van der Waals surface area contributed by atoms with Crippen LogP contribution < -0.4 is 5.73 Å². The summed E-state index contributed by atoms with van der Waals surface area (Å²) in [5.74, 6) is 0.576. The molecular weight excluding hydrogens is 302 g/mol. The van der Waals surface area contributed by atoms with Gasteiger partial charge in [0.2, 0.25) is 5.91 Å². The van der Waals surface area contributed by atoms with Crippen LogP contribution in [0.1, 0.15) is 43.1 Å². The molecule has 5 heteroatoms. The van der Waals surface area contributed by atoms with Gasteiger partial charge in [0.1, 0.15) is 0 Å². The van der Waals surface area contributed by atoms with Crippen molar-refractivity contribution in [1.82, 2.24) is 9.80 Å². The van der Waals surface area contributed by atoms with Gasteiger partial charge in [0, 0.05) is 37.7 Å². The number of nitrogens with two attached hydrogens (primary N) is 1. The molecule has 0 radical (unpaired) electrons. The normalized spacial score (nSPS) is 20.5. The molecule has 2 amide bonds. The average molecular weight is 331 g/mol. The number of benzene rings is 1. The zero-order chi connectivity index (χ0) is 17.9. The number of amides is 2. The van der Waals surface area contributed by atoms with Gasteiger partial charge in [-0.15, -0.1) is 0 Å². The van der Waals surface area contributed by atoms with Crippen molar-refractivity contribution in [2.24, 2.45) is 17.6 Å². The fourth-order valence-electron chi connectivity index (χ4n) is 3.31. The molecule has 5 nitrogen and oxygen atoms in total. The van der Waals surface area contributed by atoms with E-state index in [1.165, 1.54) is 0 Å². The maximum Gasteiger partial charge on any atom is 0.254 e. The van der Waals surface area contributed by atoms with E-state index in [4.69, 9.17) is 5.73 Å². The van der Waals surface area contributed by atoms with E-state index in [0.29, 0.717) is 24.6 Å². The Morgan fingerprint density at radius 2 is 1.92 bits per heavy atom. The molecule has 1 fully saturated rings. The van der Waals surface area contributed by atoms with Crippen LogP contribution in [0.2, 0.25) is 0 Å². The third kappa shape index (κ3) is 4.15. The van der Waals surface area contributed by atoms with E-state index in [9.17, 15) is 9.59 Å². The van der Waals surface area contributed by atoms with Gasteiger partial charge >= 0.3 is 0 Å². The first-order valence-corrected chi connectivity index (χ1v) is 8.68. The minimum absolute atomic E-state index is 0.0111. The molecular formula is C19H29N3O2. The van der Waals surface area contributed by atoms with Gasteiger partial charge in [-0.05, 0) is 43.5 Å². The van der Waals surface area contributed by atoms with Gasteiger partial charge in [0.25, 0.3) is 5.91 Å². The zero-order valence-electron chi connectivity index (χ0n) is 15.2. The molecule has 24 heavy (non-hydrogen) atoms. The van der Waals surface area contributed by atoms with E-state index in [-0.39, 0.29) is 23.8 Å². The number of likely N-dealkylation sites (tertiary alicyclic amines) is 1. The van der Waals surface area contributed by atoms with Crippen LogP contribution in [0, 0.1) is 11.8 Å². The van der Waals surface area contributed by atoms with Gasteiger partial charge in [-0.2, -0.15) is 0 Å². The summed E-state index contributed by atoms with van der Waals surface area (Å²) in [6.07, 6.45) is 0.975. The topological polar surface area (TPSA) is 66.6 Å². The Bertz CT molecular complexity index is 583. The first-order valence-electron chi connectivity index (χ1n) is 8.68. The minimum atomic E-state index is -0.0111. The summed E-state index contributed by atoms with van der Waals surface area (Å²) in [5.41, 5.74) is 7.46. The predicted octanol–water partition coefficient (Wildman–Crippen LogP) is 2.11. The van der Waals surface area contributed by atoms with Crippen molar-refractivity contribution >= 4 is 11.8 Å². The lowest BCUT2D eigenvalue weighted by Crippen LogP contribution is -2.34. The second-order valence-electron chi connectivity index (χ2n) is 7.19. The molecule has 1 aliphatic heterocycles. The highest BCUT2D eigenvalue weighted by Gasteiger charge is 2.32. The van der Waals surface area contributed by atoms with E-state index in [1.807, 2.05) is 43.0 Å². The Morgan fingerprint density at radius 3 is 2.42 bits per heavy atom. The number of rotatable bonds is 5. The van der Waals surface area contributed by atoms with E-state index < -0.39 is 0 Å². The summed E-state index contributed by atoms with van der Waals surface area (Å²) in [7, 11) is 1.81. The van der Waals surface area contributed by atoms with Gasteiger partial charge in [-0.3, -0.25) is 9.59 Å². The maximum absolute atomic E-state index is 12.7. The molecule has 2 unspecified atom stereocenters. The van der Waals surface area contributed by atoms with Crippen LogP contribution >= 0.6 is 0 Å². The van der Waals surface area contributed by atoms with Crippen LogP contribution in [0.25, 0.3) is 0 Å². The quantitative estimate of drug-likeness (QED) is 0.898. The smallest absolute Gasteiger partial charge is 0.254 e. The number of nitrogens with zero attached hydrogens (tertiary/aromatic N) is 2. The third-order valence-electron chi connectivity index (χ3n) is 4.75. The zero-order valence-corrected chi connectivity index (χ0v) is 15.2. The molecule has 0 saturated carbocycles. The van der Waals surface area contributed by atoms with Gasteiger partial charge in [0.05, 0.1) is 0 Å². The molecule has 2 atom stereocenters. The lowest BCUT2D eigenvalue weighted by molar-refractivity contribution is -0.133. The van der Waals surface area contributed by atoms with E-state index in [1.54, 1.807) is 11.9 Å². The largest absolute Gasteiger partial charge is 0.341 e. The fraction of sp³-hybridized carbons (Fsp3) is 0.579. The summed E-state index contributed by atoms with van der Waals surface area (Å²) in [6.45, 7) is 7.79. The maximum atomic E-state index is 12.7. The summed E-state index contributed by atoms with van der Waals surface area (Å²) >= 11 is 0. The van der Waals surface area contributed by atoms with E-state index >= 15 is 0 Å². The molecule has 132 valence electrons. The highest BCUT2D eigenvalue weighted by atomic mass is 16.2. The monoisotopic (exact) mass is 331 g/mol. The van der Waals surface area contributed by atoms with Crippen LogP contribution in [0.4, 0.5) is 0 Å². The highest BCUT2D eigenvalue weighted by Crippen LogP contribution is 2.24. The number of hydrogen-bond acceptors (Lipinski definition) is 3. The van der Waals surface area contributed by atoms with Crippen LogP contribution in [-0.2, 0) is 11.3 Å². The first kappa shape index (κ1) is 18.5.